The van der Waals surface area contributed by atoms with E-state index in [0.29, 0.717) is 23.6 Å². The first kappa shape index (κ1) is 12.4. The maximum atomic E-state index is 8.70. The van der Waals surface area contributed by atoms with Crippen LogP contribution in [0.4, 0.5) is 5.95 Å². The molecule has 0 aliphatic heterocycles. The van der Waals surface area contributed by atoms with Crippen LogP contribution in [-0.2, 0) is 0 Å². The number of nitriles is 1. The molecule has 0 spiro atoms. The van der Waals surface area contributed by atoms with Gasteiger partial charge in [0.2, 0.25) is 5.95 Å². The molecule has 0 aliphatic carbocycles. The number of hydrogen-bond acceptors (Lipinski definition) is 4. The molecule has 1 aromatic heterocycles. The second-order valence-electron chi connectivity index (χ2n) is 4.39. The molecule has 0 radical (unpaired) electrons. The second kappa shape index (κ2) is 6.06. The largest absolute Gasteiger partial charge is 0.352 e. The first-order valence-electron chi connectivity index (χ1n) is 5.61. The fraction of sp³-hybridized carbons (Fsp3) is 0.583. The maximum Gasteiger partial charge on any atom is 0.224 e. The van der Waals surface area contributed by atoms with Gasteiger partial charge < -0.3 is 5.32 Å². The maximum absolute atomic E-state index is 8.70. The lowest BCUT2D eigenvalue weighted by molar-refractivity contribution is 0.526. The molecular weight excluding hydrogens is 200 g/mol. The van der Waals surface area contributed by atoms with Gasteiger partial charge in [0.25, 0.3) is 0 Å². The van der Waals surface area contributed by atoms with E-state index in [4.69, 9.17) is 5.26 Å². The first-order chi connectivity index (χ1) is 7.61. The molecule has 0 aromatic carbocycles. The van der Waals surface area contributed by atoms with Gasteiger partial charge in [0.05, 0.1) is 0 Å². The van der Waals surface area contributed by atoms with Gasteiger partial charge in [-0.1, -0.05) is 13.8 Å². The highest BCUT2D eigenvalue weighted by molar-refractivity contribution is 5.30. The zero-order valence-corrected chi connectivity index (χ0v) is 10.1. The molecule has 1 rings (SSSR count). The van der Waals surface area contributed by atoms with E-state index in [1.54, 1.807) is 12.3 Å². The van der Waals surface area contributed by atoms with Crippen LogP contribution >= 0.6 is 0 Å². The Morgan fingerprint density at radius 2 is 2.12 bits per heavy atom. The quantitative estimate of drug-likeness (QED) is 0.825. The van der Waals surface area contributed by atoms with Crippen molar-refractivity contribution in [2.45, 2.75) is 39.7 Å². The van der Waals surface area contributed by atoms with Gasteiger partial charge in [0.1, 0.15) is 11.8 Å². The van der Waals surface area contributed by atoms with E-state index in [2.05, 4.69) is 36.1 Å². The highest BCUT2D eigenvalue weighted by atomic mass is 15.1. The monoisotopic (exact) mass is 218 g/mol. The Labute approximate surface area is 96.7 Å². The van der Waals surface area contributed by atoms with E-state index >= 15 is 0 Å². The minimum absolute atomic E-state index is 0.330. The third-order valence-electron chi connectivity index (χ3n) is 2.32. The Morgan fingerprint density at radius 1 is 1.38 bits per heavy atom. The molecule has 0 saturated heterocycles. The predicted octanol–water partition coefficient (Wildman–Crippen LogP) is 2.58. The zero-order chi connectivity index (χ0) is 12.0. The van der Waals surface area contributed by atoms with Gasteiger partial charge in [-0.3, -0.25) is 0 Å². The van der Waals surface area contributed by atoms with Crippen molar-refractivity contribution in [1.82, 2.24) is 9.97 Å². The van der Waals surface area contributed by atoms with Crippen LogP contribution in [0.3, 0.4) is 0 Å². The van der Waals surface area contributed by atoms with E-state index in [1.165, 1.54) is 6.42 Å². The van der Waals surface area contributed by atoms with Crippen molar-refractivity contribution in [2.75, 3.05) is 5.32 Å². The molecule has 4 nitrogen and oxygen atoms in total. The van der Waals surface area contributed by atoms with Crippen LogP contribution in [0.5, 0.6) is 0 Å². The summed E-state index contributed by atoms with van der Waals surface area (Å²) in [5, 5.41) is 11.9. The molecular formula is C12H18N4. The molecule has 1 aromatic rings. The van der Waals surface area contributed by atoms with E-state index in [1.807, 2.05) is 6.07 Å². The smallest absolute Gasteiger partial charge is 0.224 e. The molecule has 1 atom stereocenters. The topological polar surface area (TPSA) is 61.6 Å². The summed E-state index contributed by atoms with van der Waals surface area (Å²) in [5.41, 5.74) is 0.397. The van der Waals surface area contributed by atoms with Crippen molar-refractivity contribution in [3.05, 3.63) is 18.0 Å². The van der Waals surface area contributed by atoms with Gasteiger partial charge in [-0.15, -0.1) is 0 Å². The number of anilines is 1. The fourth-order valence-corrected chi connectivity index (χ4v) is 1.37. The van der Waals surface area contributed by atoms with E-state index in [9.17, 15) is 0 Å². The molecule has 4 heteroatoms. The minimum atomic E-state index is 0.330. The zero-order valence-electron chi connectivity index (χ0n) is 10.1. The van der Waals surface area contributed by atoms with Crippen LogP contribution in [0.1, 0.15) is 39.3 Å². The third-order valence-corrected chi connectivity index (χ3v) is 2.32. The first-order valence-corrected chi connectivity index (χ1v) is 5.61. The average molecular weight is 218 g/mol. The summed E-state index contributed by atoms with van der Waals surface area (Å²) < 4.78 is 0. The molecule has 1 unspecified atom stereocenters. The van der Waals surface area contributed by atoms with Crippen molar-refractivity contribution in [3.63, 3.8) is 0 Å². The highest BCUT2D eigenvalue weighted by Gasteiger charge is 2.05. The number of rotatable bonds is 5. The average Bonchev–Trinajstić information content (AvgIpc) is 2.26. The van der Waals surface area contributed by atoms with Crippen molar-refractivity contribution in [2.24, 2.45) is 5.92 Å². The molecule has 1 heterocycles. The standard InChI is InChI=1S/C12H18N4/c1-9(2)4-5-10(3)15-12-14-7-6-11(8-13)16-12/h6-7,9-10H,4-5H2,1-3H3,(H,14,15,16). The number of hydrogen-bond donors (Lipinski definition) is 1. The summed E-state index contributed by atoms with van der Waals surface area (Å²) in [4.78, 5) is 8.16. The molecule has 0 amide bonds. The highest BCUT2D eigenvalue weighted by Crippen LogP contribution is 2.10. The minimum Gasteiger partial charge on any atom is -0.352 e. The van der Waals surface area contributed by atoms with Crippen LogP contribution < -0.4 is 5.32 Å². The van der Waals surface area contributed by atoms with Gasteiger partial charge in [-0.2, -0.15) is 5.26 Å². The van der Waals surface area contributed by atoms with Gasteiger partial charge in [-0.25, -0.2) is 9.97 Å². The third kappa shape index (κ3) is 4.26. The van der Waals surface area contributed by atoms with E-state index in [-0.39, 0.29) is 0 Å². The molecule has 0 aliphatic rings. The molecule has 1 N–H and O–H groups in total. The van der Waals surface area contributed by atoms with Crippen LogP contribution in [0.25, 0.3) is 0 Å². The normalized spacial score (nSPS) is 12.2. The summed E-state index contributed by atoms with van der Waals surface area (Å²) in [5.74, 6) is 1.24. The fourth-order valence-electron chi connectivity index (χ4n) is 1.37. The number of nitrogens with one attached hydrogen (secondary N) is 1. The van der Waals surface area contributed by atoms with Crippen LogP contribution in [-0.4, -0.2) is 16.0 Å². The summed E-state index contributed by atoms with van der Waals surface area (Å²) in [7, 11) is 0. The van der Waals surface area contributed by atoms with Crippen LogP contribution in [0.2, 0.25) is 0 Å². The lowest BCUT2D eigenvalue weighted by atomic mass is 10.0. The molecule has 0 fully saturated rings. The Bertz CT molecular complexity index is 368. The Balaban J connectivity index is 2.49. The van der Waals surface area contributed by atoms with Crippen molar-refractivity contribution in [1.29, 1.82) is 5.26 Å². The van der Waals surface area contributed by atoms with E-state index in [0.717, 1.165) is 6.42 Å². The van der Waals surface area contributed by atoms with Crippen molar-refractivity contribution < 1.29 is 0 Å². The molecule has 0 saturated carbocycles. The second-order valence-corrected chi connectivity index (χ2v) is 4.39. The summed E-state index contributed by atoms with van der Waals surface area (Å²) in [6, 6.07) is 3.93. The van der Waals surface area contributed by atoms with Crippen LogP contribution in [0, 0.1) is 17.2 Å². The Hall–Kier alpha value is -1.63. The number of aromatic nitrogens is 2. The van der Waals surface area contributed by atoms with E-state index < -0.39 is 0 Å². The van der Waals surface area contributed by atoms with Crippen molar-refractivity contribution in [3.8, 4) is 6.07 Å². The molecule has 86 valence electrons. The SMILES string of the molecule is CC(C)CCC(C)Nc1nccc(C#N)n1. The van der Waals surface area contributed by atoms with Crippen molar-refractivity contribution >= 4 is 5.95 Å². The number of nitrogens with zero attached hydrogens (tertiary/aromatic N) is 3. The predicted molar refractivity (Wildman–Crippen MR) is 63.9 cm³/mol. The molecule has 0 bridgehead atoms. The summed E-state index contributed by atoms with van der Waals surface area (Å²) in [6.07, 6.45) is 3.85. The van der Waals surface area contributed by atoms with Gasteiger partial charge in [0.15, 0.2) is 0 Å². The van der Waals surface area contributed by atoms with Gasteiger partial charge in [-0.05, 0) is 31.7 Å². The Kier molecular flexibility index (Phi) is 4.71. The van der Waals surface area contributed by atoms with Gasteiger partial charge in [0, 0.05) is 12.2 Å². The lowest BCUT2D eigenvalue weighted by Gasteiger charge is -2.14. The Morgan fingerprint density at radius 3 is 2.75 bits per heavy atom. The molecule has 16 heavy (non-hydrogen) atoms. The van der Waals surface area contributed by atoms with Crippen LogP contribution in [0.15, 0.2) is 12.3 Å². The summed E-state index contributed by atoms with van der Waals surface area (Å²) >= 11 is 0. The lowest BCUT2D eigenvalue weighted by Crippen LogP contribution is -2.17. The summed E-state index contributed by atoms with van der Waals surface area (Å²) in [6.45, 7) is 6.52. The van der Waals surface area contributed by atoms with Gasteiger partial charge >= 0.3 is 0 Å².